The van der Waals surface area contributed by atoms with Crippen molar-refractivity contribution < 1.29 is 18.2 Å². The van der Waals surface area contributed by atoms with Crippen molar-refractivity contribution in [3.05, 3.63) is 46.0 Å². The Morgan fingerprint density at radius 1 is 1.16 bits per heavy atom. The zero-order chi connectivity index (χ0) is 22.6. The van der Waals surface area contributed by atoms with Crippen molar-refractivity contribution in [3.8, 4) is 5.69 Å². The molecule has 1 aromatic carbocycles. The number of Topliss-reactive ketones (excluding diaryl/α,β-unsaturated/α-hetero) is 1. The Bertz CT molecular complexity index is 1140. The largest absolute Gasteiger partial charge is 0.382 e. The number of aldehydes is 1. The Morgan fingerprint density at radius 2 is 1.91 bits per heavy atom. The van der Waals surface area contributed by atoms with E-state index < -0.39 is 16.6 Å². The number of ketones is 1. The summed E-state index contributed by atoms with van der Waals surface area (Å²) in [5, 5.41) is 3.35. The summed E-state index contributed by atoms with van der Waals surface area (Å²) in [5.41, 5.74) is 5.09. The highest BCUT2D eigenvalue weighted by atomic mass is 32.2. The number of nitrogens with zero attached hydrogens (tertiary/aromatic N) is 1. The normalized spacial score (nSPS) is 24.2. The van der Waals surface area contributed by atoms with Gasteiger partial charge in [0, 0.05) is 57.4 Å². The fourth-order valence-corrected chi connectivity index (χ4v) is 6.97. The van der Waals surface area contributed by atoms with E-state index in [2.05, 4.69) is 23.7 Å². The minimum atomic E-state index is -0.791. The van der Waals surface area contributed by atoms with Crippen molar-refractivity contribution in [1.82, 2.24) is 4.57 Å². The van der Waals surface area contributed by atoms with Gasteiger partial charge in [0.05, 0.1) is 11.3 Å². The highest BCUT2D eigenvalue weighted by Gasteiger charge is 2.39. The summed E-state index contributed by atoms with van der Waals surface area (Å²) in [6.45, 7) is 4.21. The molecule has 0 bridgehead atoms. The standard InChI is InChI=1S/C25H29FN2O3S/c1-25(2)12-22-24(23(30)13-25)17-4-3-5-21(17)28(22)16-10-19(26)18(14-29)20(11-16)27-15-6-8-32(31)9-7-15/h10-11,14-15,27H,3-9,12-13H2,1-2H3. The monoisotopic (exact) mass is 456 g/mol. The van der Waals surface area contributed by atoms with Gasteiger partial charge >= 0.3 is 0 Å². The van der Waals surface area contributed by atoms with Crippen molar-refractivity contribution in [2.45, 2.75) is 64.8 Å². The van der Waals surface area contributed by atoms with Gasteiger partial charge in [0.15, 0.2) is 12.1 Å². The molecule has 5 rings (SSSR count). The quantitative estimate of drug-likeness (QED) is 0.693. The molecule has 170 valence electrons. The lowest BCUT2D eigenvalue weighted by Crippen LogP contribution is -2.30. The summed E-state index contributed by atoms with van der Waals surface area (Å²) in [6, 6.07) is 3.34. The average molecular weight is 457 g/mol. The van der Waals surface area contributed by atoms with Crippen LogP contribution in [0, 0.1) is 11.2 Å². The zero-order valence-electron chi connectivity index (χ0n) is 18.6. The second kappa shape index (κ2) is 7.94. The third-order valence-corrected chi connectivity index (χ3v) is 8.50. The number of benzene rings is 1. The van der Waals surface area contributed by atoms with Crippen molar-refractivity contribution in [1.29, 1.82) is 0 Å². The maximum atomic E-state index is 15.1. The molecule has 0 spiro atoms. The summed E-state index contributed by atoms with van der Waals surface area (Å²) in [7, 11) is -0.791. The van der Waals surface area contributed by atoms with Gasteiger partial charge in [0.2, 0.25) is 0 Å². The van der Waals surface area contributed by atoms with Crippen LogP contribution in [0.5, 0.6) is 0 Å². The number of rotatable bonds is 4. The van der Waals surface area contributed by atoms with Gasteiger partial charge in [-0.15, -0.1) is 0 Å². The van der Waals surface area contributed by atoms with Crippen LogP contribution in [0.3, 0.4) is 0 Å². The number of aromatic nitrogens is 1. The molecule has 0 saturated carbocycles. The van der Waals surface area contributed by atoms with Crippen LogP contribution >= 0.6 is 0 Å². The molecule has 0 amide bonds. The molecule has 1 fully saturated rings. The third kappa shape index (κ3) is 3.64. The molecule has 5 nitrogen and oxygen atoms in total. The fourth-order valence-electron chi connectivity index (χ4n) is 5.67. The summed E-state index contributed by atoms with van der Waals surface area (Å²) < 4.78 is 28.9. The smallest absolute Gasteiger partial charge is 0.165 e. The highest BCUT2D eigenvalue weighted by molar-refractivity contribution is 7.85. The number of carbonyl (C=O) groups excluding carboxylic acids is 2. The van der Waals surface area contributed by atoms with Gasteiger partial charge in [0.1, 0.15) is 5.82 Å². The van der Waals surface area contributed by atoms with Gasteiger partial charge in [-0.1, -0.05) is 13.8 Å². The number of carbonyl (C=O) groups is 2. The Balaban J connectivity index is 1.62. The maximum Gasteiger partial charge on any atom is 0.165 e. The van der Waals surface area contributed by atoms with E-state index >= 15 is 4.39 Å². The summed E-state index contributed by atoms with van der Waals surface area (Å²) in [4.78, 5) is 24.8. The second-order valence-corrected chi connectivity index (χ2v) is 11.8. The Morgan fingerprint density at radius 3 is 2.62 bits per heavy atom. The number of anilines is 1. The Kier molecular flexibility index (Phi) is 5.35. The lowest BCUT2D eigenvalue weighted by atomic mass is 9.75. The van der Waals surface area contributed by atoms with Crippen molar-refractivity contribution >= 4 is 28.6 Å². The molecule has 1 aromatic heterocycles. The molecule has 32 heavy (non-hydrogen) atoms. The molecule has 0 radical (unpaired) electrons. The molecule has 7 heteroatoms. The molecule has 2 aromatic rings. The molecular formula is C25H29FN2O3S. The van der Waals surface area contributed by atoms with E-state index in [4.69, 9.17) is 0 Å². The van der Waals surface area contributed by atoms with Gasteiger partial charge in [-0.05, 0) is 61.6 Å². The van der Waals surface area contributed by atoms with Crippen LogP contribution in [-0.2, 0) is 30.1 Å². The molecule has 0 unspecified atom stereocenters. The number of hydrogen-bond acceptors (Lipinski definition) is 4. The van der Waals surface area contributed by atoms with Crippen LogP contribution in [0.4, 0.5) is 10.1 Å². The lowest BCUT2D eigenvalue weighted by molar-refractivity contribution is 0.0909. The van der Waals surface area contributed by atoms with Crippen LogP contribution in [0.15, 0.2) is 12.1 Å². The Hall–Kier alpha value is -2.28. The first-order valence-corrected chi connectivity index (χ1v) is 13.0. The first kappa shape index (κ1) is 21.6. The van der Waals surface area contributed by atoms with E-state index in [9.17, 15) is 13.8 Å². The molecule has 1 N–H and O–H groups in total. The van der Waals surface area contributed by atoms with E-state index in [1.807, 2.05) is 6.07 Å². The number of hydrogen-bond donors (Lipinski definition) is 1. The molecular weight excluding hydrogens is 427 g/mol. The first-order chi connectivity index (χ1) is 15.3. The van der Waals surface area contributed by atoms with Gasteiger partial charge < -0.3 is 9.88 Å². The number of fused-ring (bicyclic) bond motifs is 3. The Labute approximate surface area is 190 Å². The summed E-state index contributed by atoms with van der Waals surface area (Å²) >= 11 is 0. The van der Waals surface area contributed by atoms with Gasteiger partial charge in [-0.25, -0.2) is 4.39 Å². The minimum absolute atomic E-state index is 0.0227. The van der Waals surface area contributed by atoms with Crippen LogP contribution in [0.1, 0.15) is 77.2 Å². The predicted molar refractivity (Wildman–Crippen MR) is 124 cm³/mol. The van der Waals surface area contributed by atoms with Gasteiger partial charge in [-0.2, -0.15) is 0 Å². The van der Waals surface area contributed by atoms with Crippen molar-refractivity contribution in [2.24, 2.45) is 5.41 Å². The van der Waals surface area contributed by atoms with E-state index in [0.717, 1.165) is 61.0 Å². The second-order valence-electron chi connectivity index (χ2n) is 10.2. The van der Waals surface area contributed by atoms with Crippen LogP contribution in [0.25, 0.3) is 5.69 Å². The average Bonchev–Trinajstić information content (AvgIpc) is 3.28. The molecule has 2 aliphatic carbocycles. The van der Waals surface area contributed by atoms with Crippen molar-refractivity contribution in [3.63, 3.8) is 0 Å². The number of nitrogens with one attached hydrogen (secondary N) is 1. The molecule has 3 aliphatic rings. The third-order valence-electron chi connectivity index (χ3n) is 7.12. The topological polar surface area (TPSA) is 68.2 Å². The summed E-state index contributed by atoms with van der Waals surface area (Å²) in [6.07, 6.45) is 6.06. The van der Waals surface area contributed by atoms with Gasteiger partial charge in [0.25, 0.3) is 0 Å². The maximum absolute atomic E-state index is 15.1. The molecule has 1 saturated heterocycles. The van der Waals surface area contributed by atoms with E-state index in [0.29, 0.717) is 35.6 Å². The van der Waals surface area contributed by atoms with Crippen LogP contribution in [0.2, 0.25) is 0 Å². The van der Waals surface area contributed by atoms with Crippen molar-refractivity contribution in [2.75, 3.05) is 16.8 Å². The van der Waals surface area contributed by atoms with Crippen LogP contribution in [-0.4, -0.2) is 38.4 Å². The lowest BCUT2D eigenvalue weighted by Gasteiger charge is -2.30. The molecule has 1 aliphatic heterocycles. The first-order valence-electron chi connectivity index (χ1n) is 11.5. The van der Waals surface area contributed by atoms with E-state index in [1.165, 1.54) is 6.07 Å². The fraction of sp³-hybridized carbons (Fsp3) is 0.520. The SMILES string of the molecule is CC1(C)CC(=O)c2c3c(n(-c4cc(F)c(C=O)c(NC5CCS(=O)CC5)c4)c2C1)CCC3. The van der Waals surface area contributed by atoms with Crippen LogP contribution < -0.4 is 5.32 Å². The molecule has 2 heterocycles. The summed E-state index contributed by atoms with van der Waals surface area (Å²) in [5.74, 6) is 0.861. The van der Waals surface area contributed by atoms with Gasteiger partial charge in [-0.3, -0.25) is 13.8 Å². The number of halogens is 1. The molecule has 0 atom stereocenters. The van der Waals surface area contributed by atoms with E-state index in [1.54, 1.807) is 0 Å². The van der Waals surface area contributed by atoms with E-state index in [-0.39, 0.29) is 22.8 Å². The predicted octanol–water partition coefficient (Wildman–Crippen LogP) is 4.40. The highest BCUT2D eigenvalue weighted by Crippen LogP contribution is 2.43. The zero-order valence-corrected chi connectivity index (χ0v) is 19.4. The minimum Gasteiger partial charge on any atom is -0.382 e.